The molecule has 2 nitrogen and oxygen atoms in total. The Hall–Kier alpha value is -1.46. The molecule has 1 aromatic rings. The van der Waals surface area contributed by atoms with E-state index in [9.17, 15) is 0 Å². The Labute approximate surface area is 104 Å². The Morgan fingerprint density at radius 2 is 2.12 bits per heavy atom. The molecule has 0 atom stereocenters. The van der Waals surface area contributed by atoms with E-state index in [0.29, 0.717) is 13.2 Å². The topological polar surface area (TPSA) is 35.2 Å². The van der Waals surface area contributed by atoms with Crippen molar-refractivity contribution in [2.24, 2.45) is 5.73 Å². The molecule has 0 heterocycles. The van der Waals surface area contributed by atoms with Gasteiger partial charge in [0.15, 0.2) is 0 Å². The summed E-state index contributed by atoms with van der Waals surface area (Å²) in [6.45, 7) is 3.20. The highest BCUT2D eigenvalue weighted by Crippen LogP contribution is 2.12. The predicted molar refractivity (Wildman–Crippen MR) is 71.7 cm³/mol. The van der Waals surface area contributed by atoms with Gasteiger partial charge in [-0.3, -0.25) is 0 Å². The van der Waals surface area contributed by atoms with Crippen LogP contribution in [0.2, 0.25) is 0 Å². The lowest BCUT2D eigenvalue weighted by molar-refractivity contribution is 0.369. The highest BCUT2D eigenvalue weighted by molar-refractivity contribution is 5.28. The van der Waals surface area contributed by atoms with Crippen molar-refractivity contribution in [3.05, 3.63) is 29.8 Å². The summed E-state index contributed by atoms with van der Waals surface area (Å²) in [5.74, 6) is 6.99. The Morgan fingerprint density at radius 3 is 2.88 bits per heavy atom. The lowest BCUT2D eigenvalue weighted by Crippen LogP contribution is -1.98. The van der Waals surface area contributed by atoms with Crippen molar-refractivity contribution < 1.29 is 4.74 Å². The summed E-state index contributed by atoms with van der Waals surface area (Å²) < 4.78 is 5.53. The van der Waals surface area contributed by atoms with E-state index in [1.807, 2.05) is 24.3 Å². The van der Waals surface area contributed by atoms with Crippen LogP contribution in [0.1, 0.15) is 38.2 Å². The maximum absolute atomic E-state index is 5.56. The fraction of sp³-hybridized carbons (Fsp3) is 0.467. The van der Waals surface area contributed by atoms with Gasteiger partial charge in [-0.05, 0) is 24.1 Å². The van der Waals surface area contributed by atoms with Gasteiger partial charge in [0.2, 0.25) is 0 Å². The summed E-state index contributed by atoms with van der Waals surface area (Å²) in [5, 5.41) is 0. The first kappa shape index (κ1) is 13.6. The molecule has 0 amide bonds. The molecule has 0 saturated carbocycles. The third-order valence-electron chi connectivity index (χ3n) is 2.48. The number of rotatable bonds is 6. The van der Waals surface area contributed by atoms with Crippen LogP contribution in [0.3, 0.4) is 0 Å². The minimum Gasteiger partial charge on any atom is -0.481 e. The van der Waals surface area contributed by atoms with Gasteiger partial charge < -0.3 is 10.5 Å². The van der Waals surface area contributed by atoms with Crippen LogP contribution < -0.4 is 10.5 Å². The lowest BCUT2D eigenvalue weighted by atomic mass is 10.2. The van der Waals surface area contributed by atoms with Crippen molar-refractivity contribution in [2.75, 3.05) is 6.61 Å². The molecule has 92 valence electrons. The second kappa shape index (κ2) is 8.66. The summed E-state index contributed by atoms with van der Waals surface area (Å²) in [5.41, 5.74) is 6.64. The van der Waals surface area contributed by atoms with Crippen molar-refractivity contribution in [3.8, 4) is 17.6 Å². The zero-order valence-corrected chi connectivity index (χ0v) is 10.5. The van der Waals surface area contributed by atoms with E-state index in [1.54, 1.807) is 0 Å². The maximum atomic E-state index is 5.56. The number of ether oxygens (including phenoxy) is 1. The van der Waals surface area contributed by atoms with Gasteiger partial charge in [-0.1, -0.05) is 43.7 Å². The molecule has 1 aromatic carbocycles. The molecule has 0 aliphatic rings. The molecule has 1 rings (SSSR count). The molecular weight excluding hydrogens is 210 g/mol. The monoisotopic (exact) mass is 231 g/mol. The van der Waals surface area contributed by atoms with Gasteiger partial charge >= 0.3 is 0 Å². The maximum Gasteiger partial charge on any atom is 0.149 e. The second-order valence-corrected chi connectivity index (χ2v) is 3.95. The number of nitrogens with two attached hydrogens (primary N) is 1. The average Bonchev–Trinajstić information content (AvgIpc) is 2.38. The van der Waals surface area contributed by atoms with Crippen LogP contribution in [-0.2, 0) is 6.54 Å². The van der Waals surface area contributed by atoms with Gasteiger partial charge in [0, 0.05) is 13.0 Å². The normalized spacial score (nSPS) is 9.53. The number of hydrogen-bond acceptors (Lipinski definition) is 2. The Morgan fingerprint density at radius 1 is 1.24 bits per heavy atom. The number of hydrogen-bond donors (Lipinski definition) is 1. The quantitative estimate of drug-likeness (QED) is 0.603. The highest BCUT2D eigenvalue weighted by Gasteiger charge is 1.93. The van der Waals surface area contributed by atoms with Gasteiger partial charge in [0.05, 0.1) is 0 Å². The van der Waals surface area contributed by atoms with Gasteiger partial charge in [-0.25, -0.2) is 0 Å². The smallest absolute Gasteiger partial charge is 0.149 e. The zero-order valence-electron chi connectivity index (χ0n) is 10.5. The molecule has 0 fully saturated rings. The number of benzene rings is 1. The first-order valence-electron chi connectivity index (χ1n) is 6.24. The molecule has 0 radical (unpaired) electrons. The second-order valence-electron chi connectivity index (χ2n) is 3.95. The van der Waals surface area contributed by atoms with Gasteiger partial charge in [-0.2, -0.15) is 0 Å². The first-order chi connectivity index (χ1) is 8.36. The third kappa shape index (κ3) is 5.99. The van der Waals surface area contributed by atoms with Crippen molar-refractivity contribution in [3.63, 3.8) is 0 Å². The largest absolute Gasteiger partial charge is 0.481 e. The SMILES string of the molecule is CCCCCC#CCOc1cccc(CN)c1. The molecule has 0 aromatic heterocycles. The summed E-state index contributed by atoms with van der Waals surface area (Å²) in [6.07, 6.45) is 4.66. The summed E-state index contributed by atoms with van der Waals surface area (Å²) in [6, 6.07) is 7.83. The summed E-state index contributed by atoms with van der Waals surface area (Å²) in [4.78, 5) is 0. The molecule has 0 saturated heterocycles. The standard InChI is InChI=1S/C15H21NO/c1-2-3-4-5-6-7-11-17-15-10-8-9-14(12-15)13-16/h8-10,12H,2-5,11,13,16H2,1H3. The van der Waals surface area contributed by atoms with Crippen LogP contribution in [0.5, 0.6) is 5.75 Å². The van der Waals surface area contributed by atoms with E-state index in [2.05, 4.69) is 18.8 Å². The van der Waals surface area contributed by atoms with Crippen molar-refractivity contribution in [1.29, 1.82) is 0 Å². The van der Waals surface area contributed by atoms with E-state index < -0.39 is 0 Å². The van der Waals surface area contributed by atoms with Crippen LogP contribution >= 0.6 is 0 Å². The molecule has 0 aliphatic carbocycles. The summed E-state index contributed by atoms with van der Waals surface area (Å²) in [7, 11) is 0. The van der Waals surface area contributed by atoms with Crippen LogP contribution in [0.25, 0.3) is 0 Å². The predicted octanol–water partition coefficient (Wildman–Crippen LogP) is 3.11. The molecule has 0 bridgehead atoms. The van der Waals surface area contributed by atoms with Crippen LogP contribution in [0, 0.1) is 11.8 Å². The zero-order chi connectivity index (χ0) is 12.3. The Bertz CT molecular complexity index is 376. The van der Waals surface area contributed by atoms with Crippen molar-refractivity contribution >= 4 is 0 Å². The molecule has 0 aliphatic heterocycles. The molecule has 0 unspecified atom stereocenters. The molecule has 0 spiro atoms. The Kier molecular flexibility index (Phi) is 6.93. The number of unbranched alkanes of at least 4 members (excludes halogenated alkanes) is 3. The van der Waals surface area contributed by atoms with Crippen molar-refractivity contribution in [2.45, 2.75) is 39.2 Å². The molecule has 17 heavy (non-hydrogen) atoms. The van der Waals surface area contributed by atoms with E-state index in [0.717, 1.165) is 17.7 Å². The van der Waals surface area contributed by atoms with Gasteiger partial charge in [0.1, 0.15) is 12.4 Å². The summed E-state index contributed by atoms with van der Waals surface area (Å²) >= 11 is 0. The molecular formula is C15H21NO. The minimum absolute atomic E-state index is 0.458. The molecule has 2 N–H and O–H groups in total. The third-order valence-corrected chi connectivity index (χ3v) is 2.48. The molecule has 2 heteroatoms. The van der Waals surface area contributed by atoms with Crippen LogP contribution in [0.15, 0.2) is 24.3 Å². The minimum atomic E-state index is 0.458. The van der Waals surface area contributed by atoms with E-state index in [-0.39, 0.29) is 0 Å². The van der Waals surface area contributed by atoms with E-state index >= 15 is 0 Å². The fourth-order valence-corrected chi connectivity index (χ4v) is 1.48. The van der Waals surface area contributed by atoms with Crippen LogP contribution in [-0.4, -0.2) is 6.61 Å². The van der Waals surface area contributed by atoms with Gasteiger partial charge in [-0.15, -0.1) is 0 Å². The van der Waals surface area contributed by atoms with E-state index in [1.165, 1.54) is 19.3 Å². The van der Waals surface area contributed by atoms with E-state index in [4.69, 9.17) is 10.5 Å². The first-order valence-corrected chi connectivity index (χ1v) is 6.24. The lowest BCUT2D eigenvalue weighted by Gasteiger charge is -2.03. The van der Waals surface area contributed by atoms with Gasteiger partial charge in [0.25, 0.3) is 0 Å². The Balaban J connectivity index is 2.25. The van der Waals surface area contributed by atoms with Crippen molar-refractivity contribution in [1.82, 2.24) is 0 Å². The van der Waals surface area contributed by atoms with Crippen LogP contribution in [0.4, 0.5) is 0 Å². The average molecular weight is 231 g/mol. The fourth-order valence-electron chi connectivity index (χ4n) is 1.48. The highest BCUT2D eigenvalue weighted by atomic mass is 16.5.